The number of esters is 1. The first-order valence-electron chi connectivity index (χ1n) is 11.6. The number of hydrogen-bond acceptors (Lipinski definition) is 6. The summed E-state index contributed by atoms with van der Waals surface area (Å²) < 4.78 is 5.62. The van der Waals surface area contributed by atoms with Gasteiger partial charge in [-0.3, -0.25) is 9.59 Å². The van der Waals surface area contributed by atoms with E-state index in [1.807, 2.05) is 19.9 Å². The summed E-state index contributed by atoms with van der Waals surface area (Å²) >= 11 is 1.56. The van der Waals surface area contributed by atoms with Gasteiger partial charge in [0.2, 0.25) is 0 Å². The van der Waals surface area contributed by atoms with E-state index in [1.165, 1.54) is 0 Å². The highest BCUT2D eigenvalue weighted by Gasteiger charge is 2.34. The number of aliphatic hydroxyl groups excluding tert-OH is 2. The Labute approximate surface area is 191 Å². The molecule has 0 spiro atoms. The number of carboxylic acid groups (broad SMARTS) is 1. The molecule has 1 aliphatic carbocycles. The van der Waals surface area contributed by atoms with Crippen molar-refractivity contribution in [2.45, 2.75) is 97.2 Å². The average Bonchev–Trinajstić information content (AvgIpc) is 2.96. The summed E-state index contributed by atoms with van der Waals surface area (Å²) in [5, 5.41) is 29.6. The van der Waals surface area contributed by atoms with Gasteiger partial charge in [0.25, 0.3) is 0 Å². The van der Waals surface area contributed by atoms with Crippen LogP contribution < -0.4 is 0 Å². The topological polar surface area (TPSA) is 104 Å². The van der Waals surface area contributed by atoms with Gasteiger partial charge < -0.3 is 20.1 Å². The van der Waals surface area contributed by atoms with Crippen LogP contribution in [0.1, 0.15) is 85.0 Å². The number of hydrogen-bond donors (Lipinski definition) is 3. The number of aliphatic carboxylic acids is 1. The van der Waals surface area contributed by atoms with Crippen LogP contribution in [0.5, 0.6) is 0 Å². The van der Waals surface area contributed by atoms with Crippen LogP contribution in [0.2, 0.25) is 0 Å². The van der Waals surface area contributed by atoms with Gasteiger partial charge in [-0.25, -0.2) is 0 Å². The van der Waals surface area contributed by atoms with E-state index >= 15 is 0 Å². The van der Waals surface area contributed by atoms with Gasteiger partial charge in [0.05, 0.1) is 12.2 Å². The lowest BCUT2D eigenvalue weighted by Gasteiger charge is -2.15. The number of carbonyl (C=O) groups excluding carboxylic acids is 1. The van der Waals surface area contributed by atoms with Crippen LogP contribution in [0.3, 0.4) is 0 Å². The number of carboxylic acids is 1. The maximum absolute atomic E-state index is 12.2. The van der Waals surface area contributed by atoms with Crippen LogP contribution >= 0.6 is 11.8 Å². The second-order valence-electron chi connectivity index (χ2n) is 8.66. The van der Waals surface area contributed by atoms with Gasteiger partial charge in [-0.2, -0.15) is 0 Å². The standard InChI is InChI=1S/C24H40O6S/c1-4-5-7-10-18(25)12-13-19-20(26)16-21(30-23(29)15-17(2)3)24(19)31-14-9-6-8-11-22(27)28/h12-13,17-20,25-26H,4-11,14-16H2,1-3H3,(H,27,28)/b13-12+/t18-,19-,20+/m0/s1. The van der Waals surface area contributed by atoms with Gasteiger partial charge >= 0.3 is 11.9 Å². The normalized spacial score (nSPS) is 20.1. The lowest BCUT2D eigenvalue weighted by atomic mass is 10.0. The van der Waals surface area contributed by atoms with Gasteiger partial charge in [0.1, 0.15) is 5.76 Å². The molecule has 1 aliphatic rings. The largest absolute Gasteiger partial charge is 0.481 e. The predicted octanol–water partition coefficient (Wildman–Crippen LogP) is 5.04. The van der Waals surface area contributed by atoms with E-state index < -0.39 is 18.2 Å². The molecule has 0 saturated carbocycles. The van der Waals surface area contributed by atoms with E-state index in [-0.39, 0.29) is 30.6 Å². The third-order valence-electron chi connectivity index (χ3n) is 5.14. The van der Waals surface area contributed by atoms with E-state index in [0.29, 0.717) is 25.0 Å². The second-order valence-corrected chi connectivity index (χ2v) is 9.79. The van der Waals surface area contributed by atoms with E-state index in [9.17, 15) is 19.8 Å². The van der Waals surface area contributed by atoms with Gasteiger partial charge in [0.15, 0.2) is 0 Å². The number of aliphatic hydroxyl groups is 2. The Hall–Kier alpha value is -1.31. The first-order chi connectivity index (χ1) is 14.7. The molecule has 0 amide bonds. The molecule has 1 rings (SSSR count). The molecule has 0 radical (unpaired) electrons. The molecule has 0 heterocycles. The molecule has 0 aromatic heterocycles. The summed E-state index contributed by atoms with van der Waals surface area (Å²) in [6.45, 7) is 6.03. The summed E-state index contributed by atoms with van der Waals surface area (Å²) in [5.74, 6) is 0.113. The van der Waals surface area contributed by atoms with Crippen LogP contribution in [0.4, 0.5) is 0 Å². The average molecular weight is 457 g/mol. The van der Waals surface area contributed by atoms with Crippen molar-refractivity contribution in [1.29, 1.82) is 0 Å². The summed E-state index contributed by atoms with van der Waals surface area (Å²) in [4.78, 5) is 23.7. The Balaban J connectivity index is 2.78. The molecular weight excluding hydrogens is 416 g/mol. The molecule has 0 bridgehead atoms. The van der Waals surface area contributed by atoms with Crippen molar-refractivity contribution < 1.29 is 29.6 Å². The Bertz CT molecular complexity index is 613. The third kappa shape index (κ3) is 11.8. The number of rotatable bonds is 16. The molecule has 7 heteroatoms. The fraction of sp³-hybridized carbons (Fsp3) is 0.750. The second kappa shape index (κ2) is 15.5. The molecule has 31 heavy (non-hydrogen) atoms. The molecule has 0 aromatic rings. The van der Waals surface area contributed by atoms with Crippen molar-refractivity contribution in [1.82, 2.24) is 0 Å². The first kappa shape index (κ1) is 27.7. The molecule has 0 aliphatic heterocycles. The molecule has 6 nitrogen and oxygen atoms in total. The Morgan fingerprint density at radius 2 is 1.94 bits per heavy atom. The Morgan fingerprint density at radius 3 is 2.58 bits per heavy atom. The van der Waals surface area contributed by atoms with Gasteiger partial charge in [-0.05, 0) is 30.9 Å². The van der Waals surface area contributed by atoms with Crippen LogP contribution in [-0.4, -0.2) is 45.2 Å². The maximum Gasteiger partial charge on any atom is 0.311 e. The van der Waals surface area contributed by atoms with Crippen molar-refractivity contribution in [2.75, 3.05) is 5.75 Å². The first-order valence-corrected chi connectivity index (χ1v) is 12.6. The Morgan fingerprint density at radius 1 is 1.19 bits per heavy atom. The zero-order chi connectivity index (χ0) is 23.2. The van der Waals surface area contributed by atoms with Crippen molar-refractivity contribution in [3.8, 4) is 0 Å². The van der Waals surface area contributed by atoms with E-state index in [2.05, 4.69) is 6.92 Å². The zero-order valence-corrected chi connectivity index (χ0v) is 20.0. The number of carbonyl (C=O) groups is 2. The molecule has 3 N–H and O–H groups in total. The molecule has 0 unspecified atom stereocenters. The van der Waals surface area contributed by atoms with Gasteiger partial charge in [-0.1, -0.05) is 58.6 Å². The lowest BCUT2D eigenvalue weighted by Crippen LogP contribution is -2.14. The molecule has 0 fully saturated rings. The van der Waals surface area contributed by atoms with Crippen molar-refractivity contribution >= 4 is 23.7 Å². The molecular formula is C24H40O6S. The monoisotopic (exact) mass is 456 g/mol. The minimum absolute atomic E-state index is 0.172. The zero-order valence-electron chi connectivity index (χ0n) is 19.2. The van der Waals surface area contributed by atoms with Gasteiger partial charge in [0, 0.05) is 30.1 Å². The molecule has 178 valence electrons. The lowest BCUT2D eigenvalue weighted by molar-refractivity contribution is -0.140. The van der Waals surface area contributed by atoms with Crippen molar-refractivity contribution in [3.05, 3.63) is 22.8 Å². The molecule has 3 atom stereocenters. The predicted molar refractivity (Wildman–Crippen MR) is 125 cm³/mol. The van der Waals surface area contributed by atoms with Crippen molar-refractivity contribution in [3.63, 3.8) is 0 Å². The number of unbranched alkanes of at least 4 members (excludes halogenated alkanes) is 4. The summed E-state index contributed by atoms with van der Waals surface area (Å²) in [5.41, 5.74) is 0. The van der Waals surface area contributed by atoms with E-state index in [1.54, 1.807) is 17.8 Å². The van der Waals surface area contributed by atoms with Crippen LogP contribution in [0.25, 0.3) is 0 Å². The van der Waals surface area contributed by atoms with E-state index in [0.717, 1.165) is 42.8 Å². The molecule has 0 saturated heterocycles. The highest BCUT2D eigenvalue weighted by molar-refractivity contribution is 8.03. The SMILES string of the molecule is CCCCC[C@H](O)/C=C/[C@@H]1C(SCCCCCC(=O)O)=C(OC(=O)CC(C)C)C[C@H]1O. The summed E-state index contributed by atoms with van der Waals surface area (Å²) in [6.07, 6.45) is 9.27. The molecule has 0 aromatic carbocycles. The van der Waals surface area contributed by atoms with Crippen LogP contribution in [-0.2, 0) is 14.3 Å². The van der Waals surface area contributed by atoms with Crippen LogP contribution in [0, 0.1) is 11.8 Å². The Kier molecular flexibility index (Phi) is 13.8. The minimum Gasteiger partial charge on any atom is -0.481 e. The quantitative estimate of drug-likeness (QED) is 0.170. The maximum atomic E-state index is 12.2. The highest BCUT2D eigenvalue weighted by atomic mass is 32.2. The third-order valence-corrected chi connectivity index (χ3v) is 6.44. The fourth-order valence-electron chi connectivity index (χ4n) is 3.46. The smallest absolute Gasteiger partial charge is 0.311 e. The van der Waals surface area contributed by atoms with Gasteiger partial charge in [-0.15, -0.1) is 11.8 Å². The number of thioether (sulfide) groups is 1. The fourth-order valence-corrected chi connectivity index (χ4v) is 4.74. The minimum atomic E-state index is -0.781. The number of ether oxygens (including phenoxy) is 1. The summed E-state index contributed by atoms with van der Waals surface area (Å²) in [6, 6.07) is 0. The van der Waals surface area contributed by atoms with Crippen molar-refractivity contribution in [2.24, 2.45) is 11.8 Å². The highest BCUT2D eigenvalue weighted by Crippen LogP contribution is 2.41. The van der Waals surface area contributed by atoms with E-state index in [4.69, 9.17) is 9.84 Å². The summed E-state index contributed by atoms with van der Waals surface area (Å²) in [7, 11) is 0. The van der Waals surface area contributed by atoms with Crippen LogP contribution in [0.15, 0.2) is 22.8 Å².